The summed E-state index contributed by atoms with van der Waals surface area (Å²) in [4.78, 5) is 4.26. The van der Waals surface area contributed by atoms with E-state index in [1.807, 2.05) is 36.8 Å². The molecule has 0 unspecified atom stereocenters. The first-order valence-corrected chi connectivity index (χ1v) is 3.98. The highest BCUT2D eigenvalue weighted by Gasteiger charge is 2.01. The summed E-state index contributed by atoms with van der Waals surface area (Å²) in [6, 6.07) is 5.95. The van der Waals surface area contributed by atoms with Crippen molar-refractivity contribution in [1.29, 1.82) is 0 Å². The van der Waals surface area contributed by atoms with Crippen LogP contribution >= 0.6 is 0 Å². The van der Waals surface area contributed by atoms with E-state index in [4.69, 9.17) is 0 Å². The van der Waals surface area contributed by atoms with Crippen molar-refractivity contribution < 1.29 is 0 Å². The van der Waals surface area contributed by atoms with E-state index in [0.29, 0.717) is 0 Å². The highest BCUT2D eigenvalue weighted by molar-refractivity contribution is 5.64. The number of nitrogens with one attached hydrogen (secondary N) is 1. The summed E-state index contributed by atoms with van der Waals surface area (Å²) in [6.45, 7) is 0. The van der Waals surface area contributed by atoms with Gasteiger partial charge in [0.05, 0.1) is 5.69 Å². The van der Waals surface area contributed by atoms with Crippen molar-refractivity contribution in [2.75, 3.05) is 0 Å². The molecule has 2 nitrogen and oxygen atoms in total. The second-order valence-corrected chi connectivity index (χ2v) is 2.66. The average Bonchev–Trinajstić information content (AvgIpc) is 2.21. The molecule has 60 valence electrons. The molecule has 0 aromatic carbocycles. The van der Waals surface area contributed by atoms with Gasteiger partial charge in [0.25, 0.3) is 0 Å². The first kappa shape index (κ1) is 7.10. The number of allylic oxidation sites excluding steroid dienone is 2. The lowest BCUT2D eigenvalue weighted by Gasteiger charge is -2.07. The molecule has 1 aliphatic heterocycles. The average molecular weight is 158 g/mol. The smallest absolute Gasteiger partial charge is 0.0679 e. The number of hydrogen-bond acceptors (Lipinski definition) is 2. The number of rotatable bonds is 1. The SMILES string of the molecule is C1=CNC=C(c2ccccn2)C1. The van der Waals surface area contributed by atoms with E-state index < -0.39 is 0 Å². The molecule has 12 heavy (non-hydrogen) atoms. The zero-order valence-electron chi connectivity index (χ0n) is 6.70. The Labute approximate surface area is 71.6 Å². The molecular formula is C10H10N2. The van der Waals surface area contributed by atoms with Crippen molar-refractivity contribution >= 4 is 5.57 Å². The van der Waals surface area contributed by atoms with Gasteiger partial charge in [0.1, 0.15) is 0 Å². The fraction of sp³-hybridized carbons (Fsp3) is 0.100. The van der Waals surface area contributed by atoms with Gasteiger partial charge in [0.15, 0.2) is 0 Å². The van der Waals surface area contributed by atoms with E-state index in [1.54, 1.807) is 0 Å². The first-order valence-electron chi connectivity index (χ1n) is 3.98. The molecule has 0 bridgehead atoms. The van der Waals surface area contributed by atoms with Crippen LogP contribution in [0.3, 0.4) is 0 Å². The summed E-state index contributed by atoms with van der Waals surface area (Å²) in [5, 5.41) is 3.05. The van der Waals surface area contributed by atoms with Crippen molar-refractivity contribution in [1.82, 2.24) is 10.3 Å². The fourth-order valence-electron chi connectivity index (χ4n) is 1.19. The van der Waals surface area contributed by atoms with Crippen molar-refractivity contribution in [3.63, 3.8) is 0 Å². The number of pyridine rings is 1. The van der Waals surface area contributed by atoms with Crippen molar-refractivity contribution in [3.05, 3.63) is 48.6 Å². The van der Waals surface area contributed by atoms with Gasteiger partial charge in [-0.15, -0.1) is 0 Å². The highest BCUT2D eigenvalue weighted by atomic mass is 14.8. The Kier molecular flexibility index (Phi) is 1.90. The molecule has 2 rings (SSSR count). The third-order valence-corrected chi connectivity index (χ3v) is 1.80. The van der Waals surface area contributed by atoms with Crippen LogP contribution in [-0.4, -0.2) is 4.98 Å². The lowest BCUT2D eigenvalue weighted by molar-refractivity contribution is 1.10. The van der Waals surface area contributed by atoms with Crippen LogP contribution in [-0.2, 0) is 0 Å². The monoisotopic (exact) mass is 158 g/mol. The minimum atomic E-state index is 0.962. The largest absolute Gasteiger partial charge is 0.368 e. The summed E-state index contributed by atoms with van der Waals surface area (Å²) >= 11 is 0. The molecule has 0 saturated carbocycles. The van der Waals surface area contributed by atoms with E-state index in [-0.39, 0.29) is 0 Å². The Morgan fingerprint density at radius 1 is 1.33 bits per heavy atom. The molecule has 2 heteroatoms. The Morgan fingerprint density at radius 2 is 2.33 bits per heavy atom. The van der Waals surface area contributed by atoms with E-state index >= 15 is 0 Å². The zero-order valence-corrected chi connectivity index (χ0v) is 6.70. The summed E-state index contributed by atoms with van der Waals surface area (Å²) in [5.41, 5.74) is 2.28. The molecule has 0 radical (unpaired) electrons. The molecule has 0 spiro atoms. The van der Waals surface area contributed by atoms with E-state index in [9.17, 15) is 0 Å². The van der Waals surface area contributed by atoms with Crippen LogP contribution in [0.15, 0.2) is 42.9 Å². The second-order valence-electron chi connectivity index (χ2n) is 2.66. The standard InChI is InChI=1S/C10H10N2/c1-2-7-12-10(5-1)9-4-3-6-11-8-9/h1-3,5-8,11H,4H2. The van der Waals surface area contributed by atoms with Crippen LogP contribution in [0.5, 0.6) is 0 Å². The molecule has 0 aliphatic carbocycles. The number of dihydropyridines is 1. The van der Waals surface area contributed by atoms with Crippen LogP contribution in [0.4, 0.5) is 0 Å². The number of aromatic nitrogens is 1. The molecule has 0 atom stereocenters. The molecule has 0 saturated heterocycles. The second kappa shape index (κ2) is 3.22. The predicted octanol–water partition coefficient (Wildman–Crippen LogP) is 1.93. The van der Waals surface area contributed by atoms with Crippen LogP contribution in [0, 0.1) is 0 Å². The minimum absolute atomic E-state index is 0.962. The quantitative estimate of drug-likeness (QED) is 0.675. The maximum absolute atomic E-state index is 4.26. The molecule has 1 N–H and O–H groups in total. The van der Waals surface area contributed by atoms with Crippen LogP contribution in [0.1, 0.15) is 12.1 Å². The van der Waals surface area contributed by atoms with Crippen LogP contribution in [0.25, 0.3) is 5.57 Å². The maximum atomic E-state index is 4.26. The predicted molar refractivity (Wildman–Crippen MR) is 49.1 cm³/mol. The summed E-state index contributed by atoms with van der Waals surface area (Å²) < 4.78 is 0. The highest BCUT2D eigenvalue weighted by Crippen LogP contribution is 2.16. The molecule has 0 amide bonds. The molecule has 1 aromatic heterocycles. The Morgan fingerprint density at radius 3 is 3.00 bits per heavy atom. The van der Waals surface area contributed by atoms with Gasteiger partial charge in [-0.3, -0.25) is 4.98 Å². The Bertz CT molecular complexity index is 312. The van der Waals surface area contributed by atoms with Gasteiger partial charge < -0.3 is 5.32 Å². The van der Waals surface area contributed by atoms with Gasteiger partial charge in [-0.05, 0) is 30.3 Å². The van der Waals surface area contributed by atoms with Crippen molar-refractivity contribution in [2.45, 2.75) is 6.42 Å². The first-order chi connectivity index (χ1) is 5.97. The van der Waals surface area contributed by atoms with E-state index in [1.165, 1.54) is 5.57 Å². The lowest BCUT2D eigenvalue weighted by Crippen LogP contribution is -2.01. The topological polar surface area (TPSA) is 24.9 Å². The molecule has 1 aliphatic rings. The van der Waals surface area contributed by atoms with Crippen LogP contribution in [0.2, 0.25) is 0 Å². The molecule has 2 heterocycles. The van der Waals surface area contributed by atoms with Gasteiger partial charge >= 0.3 is 0 Å². The molecule has 0 fully saturated rings. The van der Waals surface area contributed by atoms with Crippen LogP contribution < -0.4 is 5.32 Å². The number of hydrogen-bond donors (Lipinski definition) is 1. The third-order valence-electron chi connectivity index (χ3n) is 1.80. The van der Waals surface area contributed by atoms with Gasteiger partial charge in [-0.1, -0.05) is 12.1 Å². The minimum Gasteiger partial charge on any atom is -0.368 e. The number of nitrogens with zero attached hydrogens (tertiary/aromatic N) is 1. The van der Waals surface area contributed by atoms with Gasteiger partial charge in [-0.2, -0.15) is 0 Å². The lowest BCUT2D eigenvalue weighted by atomic mass is 10.1. The van der Waals surface area contributed by atoms with Gasteiger partial charge in [0.2, 0.25) is 0 Å². The van der Waals surface area contributed by atoms with Crippen molar-refractivity contribution in [3.8, 4) is 0 Å². The fourth-order valence-corrected chi connectivity index (χ4v) is 1.19. The summed E-state index contributed by atoms with van der Waals surface area (Å²) in [7, 11) is 0. The summed E-state index contributed by atoms with van der Waals surface area (Å²) in [5.74, 6) is 0. The normalized spacial score (nSPS) is 15.2. The molecular weight excluding hydrogens is 148 g/mol. The van der Waals surface area contributed by atoms with E-state index in [0.717, 1.165) is 12.1 Å². The Hall–Kier alpha value is -1.57. The van der Waals surface area contributed by atoms with Gasteiger partial charge in [-0.25, -0.2) is 0 Å². The van der Waals surface area contributed by atoms with E-state index in [2.05, 4.69) is 16.4 Å². The van der Waals surface area contributed by atoms with Crippen molar-refractivity contribution in [2.24, 2.45) is 0 Å². The van der Waals surface area contributed by atoms with Gasteiger partial charge in [0, 0.05) is 12.4 Å². The Balaban J connectivity index is 2.26. The summed E-state index contributed by atoms with van der Waals surface area (Å²) in [6.07, 6.45) is 8.79. The third kappa shape index (κ3) is 1.37. The maximum Gasteiger partial charge on any atom is 0.0679 e. The zero-order chi connectivity index (χ0) is 8.23. The molecule has 1 aromatic rings.